The molecule has 0 saturated carbocycles. The van der Waals surface area contributed by atoms with Gasteiger partial charge in [0.05, 0.1) is 10.2 Å². The normalized spacial score (nSPS) is 11.9. The highest BCUT2D eigenvalue weighted by atomic mass is 32.1. The monoisotopic (exact) mass is 363 g/mol. The van der Waals surface area contributed by atoms with Crippen LogP contribution in [0.15, 0.2) is 84.9 Å². The van der Waals surface area contributed by atoms with Crippen LogP contribution in [0, 0.1) is 0 Å². The van der Waals surface area contributed by atoms with Gasteiger partial charge in [0, 0.05) is 38.8 Å². The second-order valence-electron chi connectivity index (χ2n) is 7.06. The summed E-state index contributed by atoms with van der Waals surface area (Å²) >= 11 is 1.92. The number of fused-ring (bicyclic) bond motifs is 7. The van der Waals surface area contributed by atoms with E-state index in [1.807, 2.05) is 11.3 Å². The van der Waals surface area contributed by atoms with Crippen LogP contribution in [0.3, 0.4) is 0 Å². The number of hydrogen-bond donors (Lipinski definition) is 0. The van der Waals surface area contributed by atoms with Crippen LogP contribution in [0.25, 0.3) is 53.1 Å². The first-order valence-corrected chi connectivity index (χ1v) is 10.0. The molecule has 0 aliphatic carbocycles. The Kier molecular flexibility index (Phi) is 3.03. The van der Waals surface area contributed by atoms with Crippen molar-refractivity contribution in [2.75, 3.05) is 0 Å². The van der Waals surface area contributed by atoms with Gasteiger partial charge in [0.15, 0.2) is 0 Å². The van der Waals surface area contributed by atoms with Gasteiger partial charge in [-0.05, 0) is 17.2 Å². The smallest absolute Gasteiger partial charge is 0.0670 e. The molecule has 1 nitrogen and oxygen atoms in total. The first kappa shape index (κ1) is 15.0. The maximum Gasteiger partial charge on any atom is 0.0670 e. The number of nitrogens with zero attached hydrogens (tertiary/aromatic N) is 1. The van der Waals surface area contributed by atoms with E-state index in [0.29, 0.717) is 0 Å². The van der Waals surface area contributed by atoms with E-state index in [1.165, 1.54) is 53.1 Å². The quantitative estimate of drug-likeness (QED) is 0.287. The lowest BCUT2D eigenvalue weighted by atomic mass is 10.0. The van der Waals surface area contributed by atoms with Crippen molar-refractivity contribution in [2.24, 2.45) is 7.05 Å². The number of para-hydroxylation sites is 1. The molecular formula is C25H17NS. The number of aryl methyl sites for hydroxylation is 1. The molecule has 0 spiro atoms. The van der Waals surface area contributed by atoms with Crippen molar-refractivity contribution in [3.63, 3.8) is 0 Å². The van der Waals surface area contributed by atoms with Crippen LogP contribution >= 0.6 is 11.3 Å². The highest BCUT2D eigenvalue weighted by molar-refractivity contribution is 7.27. The van der Waals surface area contributed by atoms with Crippen LogP contribution in [0.2, 0.25) is 0 Å². The molecule has 128 valence electrons. The Morgan fingerprint density at radius 1 is 0.593 bits per heavy atom. The Hall–Kier alpha value is -3.10. The minimum atomic E-state index is 1.28. The number of benzene rings is 4. The van der Waals surface area contributed by atoms with Crippen LogP contribution in [-0.4, -0.2) is 4.57 Å². The van der Waals surface area contributed by atoms with Gasteiger partial charge in [-0.2, -0.15) is 0 Å². The summed E-state index contributed by atoms with van der Waals surface area (Å²) in [7, 11) is 2.19. The fourth-order valence-electron chi connectivity index (χ4n) is 4.36. The minimum absolute atomic E-state index is 1.28. The fourth-order valence-corrected chi connectivity index (χ4v) is 5.78. The van der Waals surface area contributed by atoms with Crippen molar-refractivity contribution in [1.29, 1.82) is 0 Å². The lowest BCUT2D eigenvalue weighted by Gasteiger charge is -2.02. The summed E-state index contributed by atoms with van der Waals surface area (Å²) < 4.78 is 5.10. The molecule has 0 bridgehead atoms. The van der Waals surface area contributed by atoms with Crippen LogP contribution < -0.4 is 0 Å². The standard InChI is InChI=1S/C25H17NS/c1-26-22-13-6-5-10-18(22)19-14-15-21-20-12-7-11-17(16-8-3-2-4-9-16)24(20)27-25(21)23(19)26/h2-15H,1H3. The molecule has 2 heterocycles. The molecule has 0 saturated heterocycles. The first-order chi connectivity index (χ1) is 13.3. The second-order valence-corrected chi connectivity index (χ2v) is 8.09. The van der Waals surface area contributed by atoms with Crippen LogP contribution in [0.5, 0.6) is 0 Å². The van der Waals surface area contributed by atoms with Crippen LogP contribution in [0.1, 0.15) is 0 Å². The topological polar surface area (TPSA) is 4.93 Å². The van der Waals surface area contributed by atoms with E-state index >= 15 is 0 Å². The molecule has 0 radical (unpaired) electrons. The van der Waals surface area contributed by atoms with Gasteiger partial charge in [-0.1, -0.05) is 78.9 Å². The van der Waals surface area contributed by atoms with Crippen molar-refractivity contribution >= 4 is 53.3 Å². The third-order valence-electron chi connectivity index (χ3n) is 5.62. The molecule has 4 aromatic carbocycles. The molecule has 2 aromatic heterocycles. The van der Waals surface area contributed by atoms with Crippen LogP contribution in [0.4, 0.5) is 0 Å². The molecule has 2 heteroatoms. The Balaban J connectivity index is 1.81. The molecule has 27 heavy (non-hydrogen) atoms. The van der Waals surface area contributed by atoms with E-state index in [1.54, 1.807) is 0 Å². The Morgan fingerprint density at radius 2 is 1.30 bits per heavy atom. The van der Waals surface area contributed by atoms with Crippen LogP contribution in [-0.2, 0) is 7.05 Å². The van der Waals surface area contributed by atoms with Gasteiger partial charge in [0.1, 0.15) is 0 Å². The highest BCUT2D eigenvalue weighted by Crippen LogP contribution is 2.44. The predicted molar refractivity (Wildman–Crippen MR) is 119 cm³/mol. The lowest BCUT2D eigenvalue weighted by Crippen LogP contribution is -1.85. The molecule has 0 N–H and O–H groups in total. The summed E-state index contributed by atoms with van der Waals surface area (Å²) in [6.45, 7) is 0. The second kappa shape index (κ2) is 5.45. The van der Waals surface area contributed by atoms with Gasteiger partial charge in [0.2, 0.25) is 0 Å². The maximum absolute atomic E-state index is 2.35. The third kappa shape index (κ3) is 1.99. The van der Waals surface area contributed by atoms with Gasteiger partial charge >= 0.3 is 0 Å². The van der Waals surface area contributed by atoms with Gasteiger partial charge in [-0.15, -0.1) is 11.3 Å². The molecule has 0 aliphatic rings. The van der Waals surface area contributed by atoms with Gasteiger partial charge in [-0.25, -0.2) is 0 Å². The van der Waals surface area contributed by atoms with Gasteiger partial charge < -0.3 is 4.57 Å². The highest BCUT2D eigenvalue weighted by Gasteiger charge is 2.16. The molecule has 0 amide bonds. The van der Waals surface area contributed by atoms with E-state index in [0.717, 1.165) is 0 Å². The summed E-state index contributed by atoms with van der Waals surface area (Å²) in [6, 6.07) is 30.7. The zero-order chi connectivity index (χ0) is 18.0. The first-order valence-electron chi connectivity index (χ1n) is 9.20. The molecule has 0 atom stereocenters. The summed E-state index contributed by atoms with van der Waals surface area (Å²) in [5.74, 6) is 0. The SMILES string of the molecule is Cn1c2ccccc2c2ccc3c4cccc(-c5ccccc5)c4sc3c21. The van der Waals surface area contributed by atoms with Gasteiger partial charge in [0.25, 0.3) is 0 Å². The molecule has 6 aromatic rings. The van der Waals surface area contributed by atoms with Crippen molar-refractivity contribution < 1.29 is 0 Å². The van der Waals surface area contributed by atoms with Crippen molar-refractivity contribution in [1.82, 2.24) is 4.57 Å². The molecular weight excluding hydrogens is 346 g/mol. The lowest BCUT2D eigenvalue weighted by molar-refractivity contribution is 1.02. The predicted octanol–water partition coefficient (Wildman–Crippen LogP) is 7.37. The maximum atomic E-state index is 2.35. The number of rotatable bonds is 1. The largest absolute Gasteiger partial charge is 0.342 e. The summed E-state index contributed by atoms with van der Waals surface area (Å²) in [6.07, 6.45) is 0. The van der Waals surface area contributed by atoms with Gasteiger partial charge in [-0.3, -0.25) is 0 Å². The molecule has 6 rings (SSSR count). The number of aromatic nitrogens is 1. The average Bonchev–Trinajstić information content (AvgIpc) is 3.25. The summed E-state index contributed by atoms with van der Waals surface area (Å²) in [5.41, 5.74) is 5.24. The van der Waals surface area contributed by atoms with Crippen molar-refractivity contribution in [2.45, 2.75) is 0 Å². The zero-order valence-corrected chi connectivity index (χ0v) is 15.8. The van der Waals surface area contributed by atoms with E-state index in [-0.39, 0.29) is 0 Å². The summed E-state index contributed by atoms with van der Waals surface area (Å²) in [4.78, 5) is 0. The molecule has 0 aliphatic heterocycles. The number of hydrogen-bond acceptors (Lipinski definition) is 1. The van der Waals surface area contributed by atoms with E-state index < -0.39 is 0 Å². The molecule has 0 unspecified atom stereocenters. The number of thiophene rings is 1. The summed E-state index contributed by atoms with van der Waals surface area (Å²) in [5, 5.41) is 5.38. The fraction of sp³-hybridized carbons (Fsp3) is 0.0400. The Morgan fingerprint density at radius 3 is 2.19 bits per heavy atom. The average molecular weight is 363 g/mol. The van der Waals surface area contributed by atoms with Crippen molar-refractivity contribution in [3.8, 4) is 11.1 Å². The minimum Gasteiger partial charge on any atom is -0.342 e. The Labute approximate surface area is 161 Å². The Bertz CT molecular complexity index is 1470. The molecule has 0 fully saturated rings. The van der Waals surface area contributed by atoms with E-state index in [9.17, 15) is 0 Å². The van der Waals surface area contributed by atoms with Crippen molar-refractivity contribution in [3.05, 3.63) is 84.9 Å². The van der Waals surface area contributed by atoms with E-state index in [4.69, 9.17) is 0 Å². The third-order valence-corrected chi connectivity index (χ3v) is 6.88. The zero-order valence-electron chi connectivity index (χ0n) is 14.9. The van der Waals surface area contributed by atoms with E-state index in [2.05, 4.69) is 96.5 Å².